The Bertz CT molecular complexity index is 1290. The summed E-state index contributed by atoms with van der Waals surface area (Å²) >= 11 is 0. The van der Waals surface area contributed by atoms with Crippen LogP contribution in [0.15, 0.2) is 36.4 Å². The summed E-state index contributed by atoms with van der Waals surface area (Å²) < 4.78 is 6.46. The molecule has 7 rings (SSSR count). The van der Waals surface area contributed by atoms with Crippen molar-refractivity contribution < 1.29 is 24.7 Å². The number of nitrogens with zero attached hydrogens (tertiary/aromatic N) is 2. The van der Waals surface area contributed by atoms with Gasteiger partial charge in [-0.25, -0.2) is 0 Å². The Labute approximate surface area is 208 Å². The van der Waals surface area contributed by atoms with E-state index in [1.807, 2.05) is 6.07 Å². The highest BCUT2D eigenvalue weighted by molar-refractivity contribution is 5.95. The van der Waals surface area contributed by atoms with E-state index in [0.29, 0.717) is 37.4 Å². The molecule has 2 heterocycles. The lowest BCUT2D eigenvalue weighted by Gasteiger charge is -2.64. The number of nitro groups is 1. The maximum Gasteiger partial charge on any atom is 0.270 e. The Balaban J connectivity index is 1.27. The minimum Gasteiger partial charge on any atom is -0.504 e. The second-order valence-electron chi connectivity index (χ2n) is 11.2. The molecular formula is C27H29N3O6. The number of rotatable bonds is 5. The lowest BCUT2D eigenvalue weighted by Crippen LogP contribution is -2.78. The first kappa shape index (κ1) is 22.1. The molecular weight excluding hydrogens is 462 g/mol. The first-order chi connectivity index (χ1) is 17.3. The maximum absolute atomic E-state index is 13.2. The molecule has 3 aliphatic carbocycles. The van der Waals surface area contributed by atoms with Crippen LogP contribution in [-0.4, -0.2) is 62.8 Å². The number of amides is 1. The minimum absolute atomic E-state index is 0.0330. The Morgan fingerprint density at radius 2 is 2.06 bits per heavy atom. The third kappa shape index (κ3) is 2.87. The van der Waals surface area contributed by atoms with Crippen molar-refractivity contribution in [3.05, 3.63) is 63.2 Å². The number of benzene rings is 2. The molecule has 1 amide bonds. The number of carbonyl (C=O) groups is 1. The van der Waals surface area contributed by atoms with Crippen LogP contribution in [0.3, 0.4) is 0 Å². The van der Waals surface area contributed by atoms with Gasteiger partial charge in [0.05, 0.1) is 22.0 Å². The lowest BCUT2D eigenvalue weighted by molar-refractivity contribution is -0.384. The number of non-ortho nitro benzene ring substituents is 1. The topological polar surface area (TPSA) is 125 Å². The number of phenolic OH excluding ortho intramolecular Hbond substituents is 1. The molecule has 188 valence electrons. The zero-order valence-electron chi connectivity index (χ0n) is 19.9. The van der Waals surface area contributed by atoms with E-state index in [4.69, 9.17) is 4.74 Å². The van der Waals surface area contributed by atoms with E-state index in [-0.39, 0.29) is 23.0 Å². The molecule has 2 saturated carbocycles. The van der Waals surface area contributed by atoms with Gasteiger partial charge in [-0.2, -0.15) is 0 Å². The lowest BCUT2D eigenvalue weighted by atomic mass is 9.48. The van der Waals surface area contributed by atoms with Crippen LogP contribution >= 0.6 is 0 Å². The van der Waals surface area contributed by atoms with Crippen LogP contribution in [0, 0.1) is 16.0 Å². The zero-order valence-corrected chi connectivity index (χ0v) is 19.9. The third-order valence-electron chi connectivity index (χ3n) is 9.40. The fraction of sp³-hybridized carbons (Fsp3) is 0.519. The molecule has 2 bridgehead atoms. The van der Waals surface area contributed by atoms with Gasteiger partial charge in [0.2, 0.25) is 0 Å². The van der Waals surface area contributed by atoms with Gasteiger partial charge in [-0.3, -0.25) is 19.8 Å². The summed E-state index contributed by atoms with van der Waals surface area (Å²) in [7, 11) is 0. The normalized spacial score (nSPS) is 34.0. The molecule has 1 saturated heterocycles. The van der Waals surface area contributed by atoms with E-state index in [1.54, 1.807) is 12.1 Å². The number of likely N-dealkylation sites (tertiary alicyclic amines) is 1. The smallest absolute Gasteiger partial charge is 0.270 e. The van der Waals surface area contributed by atoms with Gasteiger partial charge in [-0.05, 0) is 68.7 Å². The van der Waals surface area contributed by atoms with E-state index >= 15 is 0 Å². The summed E-state index contributed by atoms with van der Waals surface area (Å²) in [6.45, 7) is 1.84. The number of hydrogen-bond acceptors (Lipinski definition) is 7. The van der Waals surface area contributed by atoms with Crippen LogP contribution in [-0.2, 0) is 11.8 Å². The summed E-state index contributed by atoms with van der Waals surface area (Å²) in [5.41, 5.74) is 0.332. The van der Waals surface area contributed by atoms with E-state index < -0.39 is 34.0 Å². The van der Waals surface area contributed by atoms with E-state index in [9.17, 15) is 25.1 Å². The molecule has 3 N–H and O–H groups in total. The molecule has 0 radical (unpaired) electrons. The van der Waals surface area contributed by atoms with E-state index in [1.165, 1.54) is 31.0 Å². The highest BCUT2D eigenvalue weighted by atomic mass is 16.6. The molecule has 2 aliphatic heterocycles. The second-order valence-corrected chi connectivity index (χ2v) is 11.2. The Morgan fingerprint density at radius 1 is 1.22 bits per heavy atom. The Morgan fingerprint density at radius 3 is 2.83 bits per heavy atom. The molecule has 0 unspecified atom stereocenters. The second kappa shape index (κ2) is 7.43. The number of ether oxygens (including phenoxy) is 1. The number of carbonyl (C=O) groups excluding carboxylic acids is 1. The van der Waals surface area contributed by atoms with Crippen LogP contribution in [0.4, 0.5) is 5.69 Å². The van der Waals surface area contributed by atoms with Crippen LogP contribution in [0.1, 0.15) is 53.6 Å². The molecule has 5 atom stereocenters. The van der Waals surface area contributed by atoms with E-state index in [2.05, 4.69) is 10.2 Å². The molecule has 9 heteroatoms. The molecule has 5 aliphatic rings. The van der Waals surface area contributed by atoms with E-state index in [0.717, 1.165) is 24.2 Å². The molecule has 36 heavy (non-hydrogen) atoms. The molecule has 1 spiro atoms. The van der Waals surface area contributed by atoms with Gasteiger partial charge < -0.3 is 20.3 Å². The Kier molecular flexibility index (Phi) is 4.55. The SMILES string of the molecule is O=C(N[C@@H]1CC[C@@]2(O)[C@H]3Cc4ccc(O)c5c4[C@@]2(CCN3CC2CC2)[C@H]1O5)c1cccc([N+](=O)[O-])c1. The number of phenols is 1. The summed E-state index contributed by atoms with van der Waals surface area (Å²) in [6, 6.07) is 8.87. The number of aromatic hydroxyl groups is 1. The first-order valence-corrected chi connectivity index (χ1v) is 12.9. The van der Waals surface area contributed by atoms with Crippen molar-refractivity contribution in [2.75, 3.05) is 13.1 Å². The van der Waals surface area contributed by atoms with Crippen LogP contribution in [0.5, 0.6) is 11.5 Å². The van der Waals surface area contributed by atoms with Gasteiger partial charge in [0.25, 0.3) is 11.6 Å². The molecule has 2 aromatic rings. The fourth-order valence-corrected chi connectivity index (χ4v) is 7.64. The van der Waals surface area contributed by atoms with Crippen molar-refractivity contribution in [2.45, 2.75) is 67.7 Å². The summed E-state index contributed by atoms with van der Waals surface area (Å²) in [5, 5.41) is 37.5. The van der Waals surface area contributed by atoms with Gasteiger partial charge >= 0.3 is 0 Å². The largest absolute Gasteiger partial charge is 0.504 e. The predicted molar refractivity (Wildman–Crippen MR) is 129 cm³/mol. The van der Waals surface area contributed by atoms with Gasteiger partial charge in [0.15, 0.2) is 11.5 Å². The molecule has 2 aromatic carbocycles. The summed E-state index contributed by atoms with van der Waals surface area (Å²) in [6.07, 6.45) is 4.39. The molecule has 9 nitrogen and oxygen atoms in total. The van der Waals surface area contributed by atoms with Gasteiger partial charge in [0, 0.05) is 35.8 Å². The van der Waals surface area contributed by atoms with Gasteiger partial charge in [-0.15, -0.1) is 0 Å². The van der Waals surface area contributed by atoms with Gasteiger partial charge in [0.1, 0.15) is 6.10 Å². The third-order valence-corrected chi connectivity index (χ3v) is 9.40. The van der Waals surface area contributed by atoms with Crippen molar-refractivity contribution in [1.29, 1.82) is 0 Å². The Hall–Kier alpha value is -3.17. The summed E-state index contributed by atoms with van der Waals surface area (Å²) in [5.74, 6) is 0.790. The highest BCUT2D eigenvalue weighted by Crippen LogP contribution is 2.65. The zero-order chi connectivity index (χ0) is 24.8. The van der Waals surface area contributed by atoms with Crippen molar-refractivity contribution in [2.24, 2.45) is 5.92 Å². The minimum atomic E-state index is -1.02. The monoisotopic (exact) mass is 491 g/mol. The predicted octanol–water partition coefficient (Wildman–Crippen LogP) is 2.66. The maximum atomic E-state index is 13.2. The first-order valence-electron chi connectivity index (χ1n) is 12.9. The van der Waals surface area contributed by atoms with Gasteiger partial charge in [-0.1, -0.05) is 12.1 Å². The number of hydrogen-bond donors (Lipinski definition) is 3. The van der Waals surface area contributed by atoms with Crippen LogP contribution < -0.4 is 10.1 Å². The van der Waals surface area contributed by atoms with Crippen molar-refractivity contribution >= 4 is 11.6 Å². The standard InChI is InChI=1S/C27H29N3O6/c31-20-7-6-16-13-21-27(33)9-8-19(28-25(32)17-2-1-3-18(12-17)30(34)35)24-26(27,22(16)23(20)36-24)10-11-29(21)14-15-4-5-15/h1-3,6-7,12,15,19,21,24,31,33H,4-5,8-11,13-14H2,(H,28,32)/t19-,21-,24+,26+,27-/m1/s1. The van der Waals surface area contributed by atoms with Crippen molar-refractivity contribution in [1.82, 2.24) is 10.2 Å². The number of aliphatic hydroxyl groups is 1. The van der Waals surface area contributed by atoms with Crippen LogP contribution in [0.25, 0.3) is 0 Å². The number of nitrogens with one attached hydrogen (secondary N) is 1. The fourth-order valence-electron chi connectivity index (χ4n) is 7.64. The molecule has 0 aromatic heterocycles. The number of nitro benzene ring substituents is 1. The average Bonchev–Trinajstić information content (AvgIpc) is 3.61. The number of piperidine rings is 1. The van der Waals surface area contributed by atoms with Crippen molar-refractivity contribution in [3.8, 4) is 11.5 Å². The summed E-state index contributed by atoms with van der Waals surface area (Å²) in [4.78, 5) is 26.3. The highest BCUT2D eigenvalue weighted by Gasteiger charge is 2.73. The van der Waals surface area contributed by atoms with Crippen molar-refractivity contribution in [3.63, 3.8) is 0 Å². The quantitative estimate of drug-likeness (QED) is 0.434. The average molecular weight is 492 g/mol. The molecule has 3 fully saturated rings. The van der Waals surface area contributed by atoms with Crippen LogP contribution in [0.2, 0.25) is 0 Å².